The van der Waals surface area contributed by atoms with E-state index in [1.54, 1.807) is 12.1 Å². The number of rotatable bonds is 5. The minimum absolute atomic E-state index is 0.194. The van der Waals surface area contributed by atoms with Crippen LogP contribution in [0.1, 0.15) is 39.5 Å². The van der Waals surface area contributed by atoms with Gasteiger partial charge in [-0.05, 0) is 62.8 Å². The van der Waals surface area contributed by atoms with Crippen LogP contribution in [0, 0.1) is 5.92 Å². The standard InChI is InChI=1S/C15H22N2O3S/c1-3-20-14-7-9-15(10-8-14)21(18,19)17-16-13-6-4-5-12(2)11-13/h7-10,12,17H,3-6,11H2,1-2H3/b16-13+/t12-/m0/s1. The first kappa shape index (κ1) is 15.8. The molecule has 0 spiro atoms. The Labute approximate surface area is 126 Å². The average Bonchev–Trinajstić information content (AvgIpc) is 2.46. The minimum atomic E-state index is -3.60. The molecular formula is C15H22N2O3S. The molecular weight excluding hydrogens is 288 g/mol. The maximum atomic E-state index is 12.2. The van der Waals surface area contributed by atoms with Crippen LogP contribution in [0.4, 0.5) is 0 Å². The van der Waals surface area contributed by atoms with Crippen molar-refractivity contribution in [2.45, 2.75) is 44.4 Å². The van der Waals surface area contributed by atoms with E-state index in [0.29, 0.717) is 18.3 Å². The van der Waals surface area contributed by atoms with Gasteiger partial charge in [-0.3, -0.25) is 0 Å². The summed E-state index contributed by atoms with van der Waals surface area (Å²) in [6, 6.07) is 6.34. The zero-order valence-electron chi connectivity index (χ0n) is 12.5. The molecule has 5 nitrogen and oxygen atoms in total. The predicted molar refractivity (Wildman–Crippen MR) is 83.0 cm³/mol. The highest BCUT2D eigenvalue weighted by atomic mass is 32.2. The molecule has 0 heterocycles. The van der Waals surface area contributed by atoms with E-state index in [1.165, 1.54) is 18.6 Å². The van der Waals surface area contributed by atoms with Gasteiger partial charge in [-0.25, -0.2) is 4.83 Å². The fourth-order valence-corrected chi connectivity index (χ4v) is 3.27. The molecule has 0 aromatic heterocycles. The van der Waals surface area contributed by atoms with Crippen LogP contribution >= 0.6 is 0 Å². The van der Waals surface area contributed by atoms with Crippen LogP contribution in [0.3, 0.4) is 0 Å². The van der Waals surface area contributed by atoms with Crippen LogP contribution in [0.5, 0.6) is 5.75 Å². The van der Waals surface area contributed by atoms with Crippen LogP contribution < -0.4 is 9.57 Å². The van der Waals surface area contributed by atoms with Crippen molar-refractivity contribution in [3.8, 4) is 5.75 Å². The van der Waals surface area contributed by atoms with Gasteiger partial charge in [0.2, 0.25) is 0 Å². The predicted octanol–water partition coefficient (Wildman–Crippen LogP) is 2.93. The van der Waals surface area contributed by atoms with E-state index in [1.807, 2.05) is 6.92 Å². The largest absolute Gasteiger partial charge is 0.494 e. The second kappa shape index (κ2) is 6.93. The quantitative estimate of drug-likeness (QED) is 0.850. The fourth-order valence-electron chi connectivity index (χ4n) is 2.42. The number of ether oxygens (including phenoxy) is 1. The van der Waals surface area contributed by atoms with Crippen molar-refractivity contribution in [1.82, 2.24) is 4.83 Å². The van der Waals surface area contributed by atoms with Crippen molar-refractivity contribution in [1.29, 1.82) is 0 Å². The summed E-state index contributed by atoms with van der Waals surface area (Å²) in [6.07, 6.45) is 4.00. The van der Waals surface area contributed by atoms with Crippen molar-refractivity contribution < 1.29 is 13.2 Å². The summed E-state index contributed by atoms with van der Waals surface area (Å²) in [5, 5.41) is 4.09. The Morgan fingerprint density at radius 1 is 1.33 bits per heavy atom. The summed E-state index contributed by atoms with van der Waals surface area (Å²) in [5.41, 5.74) is 0.934. The molecule has 1 fully saturated rings. The van der Waals surface area contributed by atoms with Gasteiger partial charge in [0.05, 0.1) is 11.5 Å². The topological polar surface area (TPSA) is 67.8 Å². The second-order valence-corrected chi connectivity index (χ2v) is 7.04. The SMILES string of the molecule is CCOc1ccc(S(=O)(=O)N/N=C2\CCC[C@H](C)C2)cc1. The minimum Gasteiger partial charge on any atom is -0.494 e. The van der Waals surface area contributed by atoms with Gasteiger partial charge in [0.25, 0.3) is 10.0 Å². The number of nitrogens with zero attached hydrogens (tertiary/aromatic N) is 1. The average molecular weight is 310 g/mol. The van der Waals surface area contributed by atoms with Gasteiger partial charge in [-0.1, -0.05) is 6.92 Å². The Balaban J connectivity index is 2.05. The van der Waals surface area contributed by atoms with Gasteiger partial charge in [-0.2, -0.15) is 13.5 Å². The molecule has 1 aromatic rings. The lowest BCUT2D eigenvalue weighted by Gasteiger charge is -2.19. The Bertz CT molecular complexity index is 594. The Morgan fingerprint density at radius 2 is 2.05 bits per heavy atom. The number of hydrogen-bond acceptors (Lipinski definition) is 4. The van der Waals surface area contributed by atoms with Crippen LogP contribution in [-0.4, -0.2) is 20.7 Å². The van der Waals surface area contributed by atoms with E-state index in [9.17, 15) is 8.42 Å². The van der Waals surface area contributed by atoms with Gasteiger partial charge >= 0.3 is 0 Å². The highest BCUT2D eigenvalue weighted by Crippen LogP contribution is 2.21. The summed E-state index contributed by atoms with van der Waals surface area (Å²) in [6.45, 7) is 4.60. The lowest BCUT2D eigenvalue weighted by atomic mass is 9.89. The van der Waals surface area contributed by atoms with Gasteiger partial charge in [-0.15, -0.1) is 0 Å². The van der Waals surface area contributed by atoms with Crippen LogP contribution in [0.2, 0.25) is 0 Å². The van der Waals surface area contributed by atoms with E-state index < -0.39 is 10.0 Å². The molecule has 0 bridgehead atoms. The summed E-state index contributed by atoms with van der Waals surface area (Å²) < 4.78 is 29.6. The van der Waals surface area contributed by atoms with Gasteiger partial charge in [0.15, 0.2) is 0 Å². The summed E-state index contributed by atoms with van der Waals surface area (Å²) in [7, 11) is -3.60. The van der Waals surface area contributed by atoms with Gasteiger partial charge < -0.3 is 4.74 Å². The van der Waals surface area contributed by atoms with Crippen molar-refractivity contribution in [2.24, 2.45) is 11.0 Å². The third-order valence-electron chi connectivity index (χ3n) is 3.52. The number of sulfonamides is 1. The zero-order chi connectivity index (χ0) is 15.3. The van der Waals surface area contributed by atoms with Gasteiger partial charge in [0.1, 0.15) is 5.75 Å². The molecule has 0 saturated heterocycles. The molecule has 1 N–H and O–H groups in total. The highest BCUT2D eigenvalue weighted by molar-refractivity contribution is 7.89. The number of benzene rings is 1. The van der Waals surface area contributed by atoms with E-state index in [2.05, 4.69) is 16.9 Å². The van der Waals surface area contributed by atoms with Crippen LogP contribution in [0.15, 0.2) is 34.3 Å². The van der Waals surface area contributed by atoms with Crippen molar-refractivity contribution in [2.75, 3.05) is 6.61 Å². The third-order valence-corrected chi connectivity index (χ3v) is 4.74. The van der Waals surface area contributed by atoms with Crippen molar-refractivity contribution in [3.63, 3.8) is 0 Å². The lowest BCUT2D eigenvalue weighted by Crippen LogP contribution is -2.22. The van der Waals surface area contributed by atoms with Crippen molar-refractivity contribution >= 4 is 15.7 Å². The monoisotopic (exact) mass is 310 g/mol. The first-order valence-electron chi connectivity index (χ1n) is 7.31. The van der Waals surface area contributed by atoms with Crippen LogP contribution in [0.25, 0.3) is 0 Å². The molecule has 6 heteroatoms. The number of hydrazone groups is 1. The molecule has 116 valence electrons. The Hall–Kier alpha value is -1.56. The van der Waals surface area contributed by atoms with E-state index >= 15 is 0 Å². The van der Waals surface area contributed by atoms with E-state index in [4.69, 9.17) is 4.74 Å². The Kier molecular flexibility index (Phi) is 5.22. The van der Waals surface area contributed by atoms with Gasteiger partial charge in [0, 0.05) is 5.71 Å². The summed E-state index contributed by atoms with van der Waals surface area (Å²) in [4.78, 5) is 2.53. The Morgan fingerprint density at radius 3 is 2.67 bits per heavy atom. The number of nitrogens with one attached hydrogen (secondary N) is 1. The molecule has 0 amide bonds. The van der Waals surface area contributed by atoms with E-state index in [-0.39, 0.29) is 4.90 Å². The van der Waals surface area contributed by atoms with Crippen molar-refractivity contribution in [3.05, 3.63) is 24.3 Å². The molecule has 1 aliphatic carbocycles. The smallest absolute Gasteiger partial charge is 0.276 e. The normalized spacial score (nSPS) is 21.2. The molecule has 0 unspecified atom stereocenters. The molecule has 0 radical (unpaired) electrons. The first-order valence-corrected chi connectivity index (χ1v) is 8.79. The number of hydrogen-bond donors (Lipinski definition) is 1. The molecule has 0 aliphatic heterocycles. The second-order valence-electron chi connectivity index (χ2n) is 5.38. The summed E-state index contributed by atoms with van der Waals surface area (Å²) in [5.74, 6) is 1.23. The molecule has 21 heavy (non-hydrogen) atoms. The molecule has 1 aromatic carbocycles. The maximum Gasteiger partial charge on any atom is 0.276 e. The van der Waals surface area contributed by atoms with Crippen LogP contribution in [-0.2, 0) is 10.0 Å². The molecule has 1 atom stereocenters. The molecule has 1 aliphatic rings. The highest BCUT2D eigenvalue weighted by Gasteiger charge is 2.17. The summed E-state index contributed by atoms with van der Waals surface area (Å²) >= 11 is 0. The maximum absolute atomic E-state index is 12.2. The van der Waals surface area contributed by atoms with E-state index in [0.717, 1.165) is 25.0 Å². The first-order chi connectivity index (χ1) is 10.0. The molecule has 2 rings (SSSR count). The third kappa shape index (κ3) is 4.46. The fraction of sp³-hybridized carbons (Fsp3) is 0.533. The lowest BCUT2D eigenvalue weighted by molar-refractivity contribution is 0.340. The molecule has 1 saturated carbocycles. The zero-order valence-corrected chi connectivity index (χ0v) is 13.3.